The summed E-state index contributed by atoms with van der Waals surface area (Å²) in [6, 6.07) is 0. The molecule has 4 aliphatic rings. The highest BCUT2D eigenvalue weighted by atomic mass is 16.3. The minimum Gasteiger partial charge on any atom is -0.393 e. The van der Waals surface area contributed by atoms with Crippen LogP contribution in [0.25, 0.3) is 0 Å². The van der Waals surface area contributed by atoms with Crippen molar-refractivity contribution in [1.29, 1.82) is 0 Å². The van der Waals surface area contributed by atoms with Gasteiger partial charge in [-0.25, -0.2) is 0 Å². The number of ketones is 1. The number of aliphatic hydroxyl groups excluding tert-OH is 2. The second-order valence-corrected chi connectivity index (χ2v) is 9.17. The van der Waals surface area contributed by atoms with E-state index >= 15 is 0 Å². The zero-order valence-corrected chi connectivity index (χ0v) is 13.9. The molecule has 0 spiro atoms. The van der Waals surface area contributed by atoms with Crippen molar-refractivity contribution >= 4 is 5.78 Å². The van der Waals surface area contributed by atoms with Crippen LogP contribution in [0.3, 0.4) is 0 Å². The lowest BCUT2D eigenvalue weighted by Crippen LogP contribution is -2.57. The summed E-state index contributed by atoms with van der Waals surface area (Å²) in [5.74, 6) is 2.09. The highest BCUT2D eigenvalue weighted by molar-refractivity contribution is 5.83. The van der Waals surface area contributed by atoms with Crippen molar-refractivity contribution < 1.29 is 15.0 Å². The maximum absolute atomic E-state index is 12.8. The molecule has 3 unspecified atom stereocenters. The van der Waals surface area contributed by atoms with Crippen LogP contribution in [0, 0.1) is 34.5 Å². The number of hydrogen-bond acceptors (Lipinski definition) is 3. The fourth-order valence-electron chi connectivity index (χ4n) is 6.99. The minimum atomic E-state index is -0.277. The predicted octanol–water partition coefficient (Wildman–Crippen LogP) is 2.93. The molecular formula is C19H30O3. The van der Waals surface area contributed by atoms with Gasteiger partial charge in [-0.15, -0.1) is 0 Å². The lowest BCUT2D eigenvalue weighted by molar-refractivity contribution is -0.161. The Morgan fingerprint density at radius 2 is 1.64 bits per heavy atom. The molecule has 0 aliphatic heterocycles. The Morgan fingerprint density at radius 1 is 0.955 bits per heavy atom. The normalized spacial score (nSPS) is 57.9. The molecule has 4 aliphatic carbocycles. The van der Waals surface area contributed by atoms with E-state index in [2.05, 4.69) is 13.8 Å². The van der Waals surface area contributed by atoms with Crippen LogP contribution in [0.5, 0.6) is 0 Å². The number of carbonyl (C=O) groups excluding carboxylic acids is 1. The smallest absolute Gasteiger partial charge is 0.136 e. The lowest BCUT2D eigenvalue weighted by atomic mass is 9.45. The summed E-state index contributed by atoms with van der Waals surface area (Å²) in [6.07, 6.45) is 7.06. The summed E-state index contributed by atoms with van der Waals surface area (Å²) in [4.78, 5) is 12.8. The van der Waals surface area contributed by atoms with Crippen LogP contribution in [0.2, 0.25) is 0 Å². The van der Waals surface area contributed by atoms with E-state index in [1.807, 2.05) is 0 Å². The Morgan fingerprint density at radius 3 is 2.41 bits per heavy atom. The quantitative estimate of drug-likeness (QED) is 0.723. The van der Waals surface area contributed by atoms with Gasteiger partial charge in [-0.05, 0) is 73.5 Å². The Balaban J connectivity index is 1.68. The van der Waals surface area contributed by atoms with Crippen molar-refractivity contribution in [3.05, 3.63) is 0 Å². The van der Waals surface area contributed by atoms with Crippen LogP contribution >= 0.6 is 0 Å². The Bertz CT molecular complexity index is 489. The minimum absolute atomic E-state index is 0.0405. The molecule has 3 nitrogen and oxygen atoms in total. The average molecular weight is 306 g/mol. The van der Waals surface area contributed by atoms with Gasteiger partial charge in [0.25, 0.3) is 0 Å². The van der Waals surface area contributed by atoms with E-state index in [0.717, 1.165) is 38.5 Å². The summed E-state index contributed by atoms with van der Waals surface area (Å²) in [7, 11) is 0. The molecular weight excluding hydrogens is 276 g/mol. The molecule has 0 aromatic rings. The number of aliphatic hydroxyl groups is 2. The lowest BCUT2D eigenvalue weighted by Gasteiger charge is -2.59. The zero-order chi connectivity index (χ0) is 15.7. The first kappa shape index (κ1) is 15.1. The number of Topliss-reactive ketones (excluding diaryl/α,β-unsaturated/α-hetero) is 1. The van der Waals surface area contributed by atoms with Gasteiger partial charge in [0, 0.05) is 12.3 Å². The first-order valence-corrected chi connectivity index (χ1v) is 9.25. The van der Waals surface area contributed by atoms with Crippen LogP contribution in [0.1, 0.15) is 65.2 Å². The molecule has 0 radical (unpaired) electrons. The fraction of sp³-hybridized carbons (Fsp3) is 0.947. The van der Waals surface area contributed by atoms with Crippen LogP contribution in [0.4, 0.5) is 0 Å². The van der Waals surface area contributed by atoms with E-state index in [1.165, 1.54) is 0 Å². The van der Waals surface area contributed by atoms with Crippen molar-refractivity contribution in [1.82, 2.24) is 0 Å². The monoisotopic (exact) mass is 306 g/mol. The standard InChI is InChI=1S/C19H30O3/c1-18-7-5-11(20)9-15(18)16(21)10-12-13-3-4-17(22)19(13,2)8-6-14(12)18/h11-15,17,20,22H,3-10H2,1-2H3/t11?,12-,13-,14-,15?,17?,18+,19-/m0/s1. The number of rotatable bonds is 0. The summed E-state index contributed by atoms with van der Waals surface area (Å²) >= 11 is 0. The van der Waals surface area contributed by atoms with Gasteiger partial charge in [-0.3, -0.25) is 4.79 Å². The third-order valence-electron chi connectivity index (χ3n) is 8.38. The summed E-state index contributed by atoms with van der Waals surface area (Å²) in [5, 5.41) is 20.5. The van der Waals surface area contributed by atoms with E-state index in [9.17, 15) is 15.0 Å². The zero-order valence-electron chi connectivity index (χ0n) is 13.9. The van der Waals surface area contributed by atoms with Gasteiger partial charge >= 0.3 is 0 Å². The second kappa shape index (κ2) is 4.80. The number of fused-ring (bicyclic) bond motifs is 5. The van der Waals surface area contributed by atoms with Crippen molar-refractivity contribution in [3.63, 3.8) is 0 Å². The van der Waals surface area contributed by atoms with E-state index in [-0.39, 0.29) is 29.0 Å². The summed E-state index contributed by atoms with van der Waals surface area (Å²) in [6.45, 7) is 4.58. The molecule has 0 amide bonds. The van der Waals surface area contributed by atoms with Gasteiger partial charge in [-0.1, -0.05) is 13.8 Å². The van der Waals surface area contributed by atoms with Crippen LogP contribution in [-0.2, 0) is 4.79 Å². The SMILES string of the molecule is C[C@]12CCC(O)CC1C(=O)C[C@@H]1[C@@H]2CC[C@]2(C)C(O)CC[C@@H]12. The fourth-order valence-corrected chi connectivity index (χ4v) is 6.99. The first-order valence-electron chi connectivity index (χ1n) is 9.25. The molecule has 0 aromatic carbocycles. The molecule has 8 atom stereocenters. The molecule has 4 fully saturated rings. The maximum atomic E-state index is 12.8. The van der Waals surface area contributed by atoms with E-state index in [1.54, 1.807) is 0 Å². The van der Waals surface area contributed by atoms with E-state index in [0.29, 0.717) is 36.4 Å². The van der Waals surface area contributed by atoms with Gasteiger partial charge < -0.3 is 10.2 Å². The van der Waals surface area contributed by atoms with Gasteiger partial charge in [-0.2, -0.15) is 0 Å². The Labute approximate surface area is 133 Å². The largest absolute Gasteiger partial charge is 0.393 e. The van der Waals surface area contributed by atoms with E-state index < -0.39 is 0 Å². The summed E-state index contributed by atoms with van der Waals surface area (Å²) < 4.78 is 0. The molecule has 4 saturated carbocycles. The van der Waals surface area contributed by atoms with Gasteiger partial charge in [0.2, 0.25) is 0 Å². The molecule has 0 aromatic heterocycles. The van der Waals surface area contributed by atoms with Gasteiger partial charge in [0.15, 0.2) is 0 Å². The molecule has 22 heavy (non-hydrogen) atoms. The number of carbonyl (C=O) groups is 1. The van der Waals surface area contributed by atoms with Gasteiger partial charge in [0.1, 0.15) is 5.78 Å². The molecule has 0 bridgehead atoms. The Kier molecular flexibility index (Phi) is 3.30. The van der Waals surface area contributed by atoms with Crippen LogP contribution in [0.15, 0.2) is 0 Å². The highest BCUT2D eigenvalue weighted by Gasteiger charge is 2.61. The molecule has 2 N–H and O–H groups in total. The average Bonchev–Trinajstić information content (AvgIpc) is 2.77. The molecule has 124 valence electrons. The third kappa shape index (κ3) is 1.84. The first-order chi connectivity index (χ1) is 10.4. The molecule has 3 heteroatoms. The molecule has 4 rings (SSSR count). The topological polar surface area (TPSA) is 57.5 Å². The van der Waals surface area contributed by atoms with Gasteiger partial charge in [0.05, 0.1) is 12.2 Å². The molecule has 0 heterocycles. The second-order valence-electron chi connectivity index (χ2n) is 9.17. The van der Waals surface area contributed by atoms with Crippen molar-refractivity contribution in [3.8, 4) is 0 Å². The third-order valence-corrected chi connectivity index (χ3v) is 8.38. The van der Waals surface area contributed by atoms with Crippen molar-refractivity contribution in [2.45, 2.75) is 77.4 Å². The Hall–Kier alpha value is -0.410. The van der Waals surface area contributed by atoms with Crippen LogP contribution in [-0.4, -0.2) is 28.2 Å². The number of hydrogen-bond donors (Lipinski definition) is 2. The van der Waals surface area contributed by atoms with Crippen molar-refractivity contribution in [2.75, 3.05) is 0 Å². The maximum Gasteiger partial charge on any atom is 0.136 e. The predicted molar refractivity (Wildman–Crippen MR) is 84.1 cm³/mol. The van der Waals surface area contributed by atoms with Crippen molar-refractivity contribution in [2.24, 2.45) is 34.5 Å². The highest BCUT2D eigenvalue weighted by Crippen LogP contribution is 2.65. The summed E-state index contributed by atoms with van der Waals surface area (Å²) in [5.41, 5.74) is 0.132. The van der Waals surface area contributed by atoms with E-state index in [4.69, 9.17) is 0 Å². The molecule has 0 saturated heterocycles. The van der Waals surface area contributed by atoms with Crippen LogP contribution < -0.4 is 0 Å².